The fourth-order valence-corrected chi connectivity index (χ4v) is 2.65. The van der Waals surface area contributed by atoms with E-state index in [1.165, 1.54) is 18.4 Å². The average molecular weight is 246 g/mol. The zero-order valence-corrected chi connectivity index (χ0v) is 11.0. The molecule has 2 rings (SSSR count). The summed E-state index contributed by atoms with van der Waals surface area (Å²) >= 11 is 0. The zero-order chi connectivity index (χ0) is 13.0. The van der Waals surface area contributed by atoms with E-state index >= 15 is 0 Å². The molecule has 0 heterocycles. The Balaban J connectivity index is 1.93. The minimum absolute atomic E-state index is 0.00900. The Morgan fingerprint density at radius 2 is 1.89 bits per heavy atom. The number of rotatable bonds is 4. The molecule has 1 aromatic rings. The van der Waals surface area contributed by atoms with Crippen molar-refractivity contribution >= 4 is 5.91 Å². The molecule has 0 spiro atoms. The predicted octanol–water partition coefficient (Wildman–Crippen LogP) is 2.24. The van der Waals surface area contributed by atoms with Gasteiger partial charge in [0, 0.05) is 12.1 Å². The third-order valence-electron chi connectivity index (χ3n) is 4.03. The van der Waals surface area contributed by atoms with Gasteiger partial charge in [0.2, 0.25) is 0 Å². The lowest BCUT2D eigenvalue weighted by Crippen LogP contribution is -2.40. The number of hydrogen-bond donors (Lipinski definition) is 2. The van der Waals surface area contributed by atoms with Gasteiger partial charge in [-0.05, 0) is 43.9 Å². The maximum absolute atomic E-state index is 12.0. The number of nitrogens with one attached hydrogen (secondary N) is 1. The highest BCUT2D eigenvalue weighted by atomic mass is 16.1. The Morgan fingerprint density at radius 1 is 1.28 bits per heavy atom. The summed E-state index contributed by atoms with van der Waals surface area (Å²) in [5, 5.41) is 3.03. The molecular formula is C15H22N2O. The van der Waals surface area contributed by atoms with Crippen molar-refractivity contribution in [3.63, 3.8) is 0 Å². The maximum Gasteiger partial charge on any atom is 0.251 e. The molecule has 1 saturated carbocycles. The molecule has 0 saturated heterocycles. The highest BCUT2D eigenvalue weighted by molar-refractivity contribution is 5.94. The lowest BCUT2D eigenvalue weighted by atomic mass is 9.86. The van der Waals surface area contributed by atoms with Crippen molar-refractivity contribution in [2.45, 2.75) is 32.6 Å². The number of aryl methyl sites for hydroxylation is 1. The van der Waals surface area contributed by atoms with E-state index in [0.717, 1.165) is 18.4 Å². The summed E-state index contributed by atoms with van der Waals surface area (Å²) in [6, 6.07) is 7.66. The van der Waals surface area contributed by atoms with Gasteiger partial charge < -0.3 is 11.1 Å². The Hall–Kier alpha value is -1.35. The number of benzene rings is 1. The van der Waals surface area contributed by atoms with Gasteiger partial charge in [0.1, 0.15) is 0 Å². The summed E-state index contributed by atoms with van der Waals surface area (Å²) in [5.74, 6) is 0.00900. The van der Waals surface area contributed by atoms with Gasteiger partial charge in [0.25, 0.3) is 5.91 Å². The van der Waals surface area contributed by atoms with Crippen LogP contribution in [0.1, 0.15) is 41.6 Å². The Bertz CT molecular complexity index is 405. The van der Waals surface area contributed by atoms with Crippen LogP contribution in [0.2, 0.25) is 0 Å². The number of carbonyl (C=O) groups excluding carboxylic acids is 1. The smallest absolute Gasteiger partial charge is 0.251 e. The van der Waals surface area contributed by atoms with Crippen LogP contribution in [0.3, 0.4) is 0 Å². The first-order valence-corrected chi connectivity index (χ1v) is 6.70. The van der Waals surface area contributed by atoms with Crippen molar-refractivity contribution in [2.24, 2.45) is 11.1 Å². The standard InChI is InChI=1S/C15H22N2O/c1-12-4-6-13(7-5-12)14(18)17-11-15(10-16)8-2-3-9-15/h4-7H,2-3,8-11,16H2,1H3,(H,17,18). The van der Waals surface area contributed by atoms with Crippen LogP contribution in [0.5, 0.6) is 0 Å². The van der Waals surface area contributed by atoms with Gasteiger partial charge in [0.05, 0.1) is 0 Å². The van der Waals surface area contributed by atoms with Crippen LogP contribution in [0.25, 0.3) is 0 Å². The lowest BCUT2D eigenvalue weighted by molar-refractivity contribution is 0.0932. The van der Waals surface area contributed by atoms with Crippen LogP contribution >= 0.6 is 0 Å². The summed E-state index contributed by atoms with van der Waals surface area (Å²) in [5.41, 5.74) is 7.90. The van der Waals surface area contributed by atoms with Crippen LogP contribution in [-0.4, -0.2) is 19.0 Å². The first-order valence-electron chi connectivity index (χ1n) is 6.70. The molecule has 3 heteroatoms. The molecule has 0 unspecified atom stereocenters. The molecule has 1 aliphatic rings. The second kappa shape index (κ2) is 5.53. The number of carbonyl (C=O) groups is 1. The van der Waals surface area contributed by atoms with Crippen LogP contribution in [-0.2, 0) is 0 Å². The molecule has 0 aliphatic heterocycles. The van der Waals surface area contributed by atoms with Gasteiger partial charge >= 0.3 is 0 Å². The largest absolute Gasteiger partial charge is 0.351 e. The number of hydrogen-bond acceptors (Lipinski definition) is 2. The first kappa shape index (κ1) is 13.1. The van der Waals surface area contributed by atoms with Gasteiger partial charge in [-0.15, -0.1) is 0 Å². The van der Waals surface area contributed by atoms with Crippen molar-refractivity contribution in [3.8, 4) is 0 Å². The van der Waals surface area contributed by atoms with Gasteiger partial charge in [-0.1, -0.05) is 30.5 Å². The normalized spacial score (nSPS) is 17.7. The molecule has 1 amide bonds. The second-order valence-corrected chi connectivity index (χ2v) is 5.46. The highest BCUT2D eigenvalue weighted by Crippen LogP contribution is 2.36. The van der Waals surface area contributed by atoms with E-state index < -0.39 is 0 Å². The Labute approximate surface area is 109 Å². The predicted molar refractivity (Wildman–Crippen MR) is 73.5 cm³/mol. The number of nitrogens with two attached hydrogens (primary N) is 1. The molecular weight excluding hydrogens is 224 g/mol. The third-order valence-corrected chi connectivity index (χ3v) is 4.03. The minimum Gasteiger partial charge on any atom is -0.351 e. The monoisotopic (exact) mass is 246 g/mol. The maximum atomic E-state index is 12.0. The molecule has 98 valence electrons. The Morgan fingerprint density at radius 3 is 2.44 bits per heavy atom. The van der Waals surface area contributed by atoms with Crippen molar-refractivity contribution in [2.75, 3.05) is 13.1 Å². The topological polar surface area (TPSA) is 55.1 Å². The van der Waals surface area contributed by atoms with E-state index in [1.807, 2.05) is 31.2 Å². The molecule has 3 N–H and O–H groups in total. The van der Waals surface area contributed by atoms with Gasteiger partial charge in [-0.3, -0.25) is 4.79 Å². The Kier molecular flexibility index (Phi) is 4.02. The first-order chi connectivity index (χ1) is 8.65. The van der Waals surface area contributed by atoms with E-state index in [0.29, 0.717) is 13.1 Å². The fourth-order valence-electron chi connectivity index (χ4n) is 2.65. The van der Waals surface area contributed by atoms with Gasteiger partial charge in [-0.25, -0.2) is 0 Å². The molecule has 3 nitrogen and oxygen atoms in total. The van der Waals surface area contributed by atoms with E-state index in [2.05, 4.69) is 5.32 Å². The molecule has 1 aliphatic carbocycles. The lowest BCUT2D eigenvalue weighted by Gasteiger charge is -2.27. The molecule has 0 radical (unpaired) electrons. The second-order valence-electron chi connectivity index (χ2n) is 5.46. The van der Waals surface area contributed by atoms with Gasteiger partial charge in [-0.2, -0.15) is 0 Å². The highest BCUT2D eigenvalue weighted by Gasteiger charge is 2.32. The zero-order valence-electron chi connectivity index (χ0n) is 11.0. The van der Waals surface area contributed by atoms with Crippen LogP contribution in [0.4, 0.5) is 0 Å². The van der Waals surface area contributed by atoms with Crippen molar-refractivity contribution in [1.29, 1.82) is 0 Å². The van der Waals surface area contributed by atoms with Crippen molar-refractivity contribution in [3.05, 3.63) is 35.4 Å². The minimum atomic E-state index is 0.00900. The van der Waals surface area contributed by atoms with Crippen molar-refractivity contribution in [1.82, 2.24) is 5.32 Å². The fraction of sp³-hybridized carbons (Fsp3) is 0.533. The van der Waals surface area contributed by atoms with Crippen LogP contribution in [0.15, 0.2) is 24.3 Å². The van der Waals surface area contributed by atoms with Gasteiger partial charge in [0.15, 0.2) is 0 Å². The summed E-state index contributed by atoms with van der Waals surface area (Å²) in [6.07, 6.45) is 4.74. The molecule has 1 aromatic carbocycles. The van der Waals surface area contributed by atoms with Crippen molar-refractivity contribution < 1.29 is 4.79 Å². The van der Waals surface area contributed by atoms with E-state index in [4.69, 9.17) is 5.73 Å². The molecule has 0 aromatic heterocycles. The van der Waals surface area contributed by atoms with Crippen LogP contribution in [0, 0.1) is 12.3 Å². The quantitative estimate of drug-likeness (QED) is 0.856. The molecule has 18 heavy (non-hydrogen) atoms. The summed E-state index contributed by atoms with van der Waals surface area (Å²) in [4.78, 5) is 12.0. The molecule has 1 fully saturated rings. The average Bonchev–Trinajstić information content (AvgIpc) is 2.86. The molecule has 0 bridgehead atoms. The summed E-state index contributed by atoms with van der Waals surface area (Å²) < 4.78 is 0. The van der Waals surface area contributed by atoms with E-state index in [9.17, 15) is 4.79 Å². The summed E-state index contributed by atoms with van der Waals surface area (Å²) in [6.45, 7) is 3.39. The third kappa shape index (κ3) is 2.91. The van der Waals surface area contributed by atoms with E-state index in [-0.39, 0.29) is 11.3 Å². The summed E-state index contributed by atoms with van der Waals surface area (Å²) in [7, 11) is 0. The molecule has 0 atom stereocenters. The van der Waals surface area contributed by atoms with E-state index in [1.54, 1.807) is 0 Å². The SMILES string of the molecule is Cc1ccc(C(=O)NCC2(CN)CCCC2)cc1. The number of amides is 1. The van der Waals surface area contributed by atoms with Crippen LogP contribution < -0.4 is 11.1 Å².